The highest BCUT2D eigenvalue weighted by Crippen LogP contribution is 2.38. The first-order valence-corrected chi connectivity index (χ1v) is 12.0. The summed E-state index contributed by atoms with van der Waals surface area (Å²) < 4.78 is 12.8. The number of ether oxygens (including phenoxy) is 2. The van der Waals surface area contributed by atoms with Gasteiger partial charge in [-0.3, -0.25) is 4.90 Å². The van der Waals surface area contributed by atoms with Crippen LogP contribution in [0.5, 0.6) is 11.5 Å². The Labute approximate surface area is 198 Å². The average molecular weight is 516 g/mol. The normalized spacial score (nSPS) is 16.8. The van der Waals surface area contributed by atoms with Crippen LogP contribution < -0.4 is 14.8 Å². The van der Waals surface area contributed by atoms with Gasteiger partial charge in [-0.1, -0.05) is 36.2 Å². The Bertz CT molecular complexity index is 850. The molecule has 0 bridgehead atoms. The smallest absolute Gasteiger partial charge is 0.175 e. The second-order valence-electron chi connectivity index (χ2n) is 7.42. The van der Waals surface area contributed by atoms with Gasteiger partial charge in [-0.15, -0.1) is 0 Å². The molecule has 0 amide bonds. The molecule has 1 saturated heterocycles. The molecule has 1 N–H and O–H groups in total. The summed E-state index contributed by atoms with van der Waals surface area (Å²) in [6.45, 7) is 9.23. The van der Waals surface area contributed by atoms with Gasteiger partial charge in [-0.2, -0.15) is 0 Å². The van der Waals surface area contributed by atoms with E-state index in [1.165, 1.54) is 19.4 Å². The Kier molecular flexibility index (Phi) is 9.14. The molecule has 164 valence electrons. The summed E-state index contributed by atoms with van der Waals surface area (Å²) in [5.41, 5.74) is 2.03. The second-order valence-corrected chi connectivity index (χ2v) is 9.12. The van der Waals surface area contributed by atoms with E-state index in [1.807, 2.05) is 25.1 Å². The number of halogens is 3. The fraction of sp³-hybridized carbons (Fsp3) is 0.478. The highest BCUT2D eigenvalue weighted by atomic mass is 79.9. The van der Waals surface area contributed by atoms with Crippen molar-refractivity contribution in [1.82, 2.24) is 10.2 Å². The Morgan fingerprint density at radius 2 is 2.00 bits per heavy atom. The van der Waals surface area contributed by atoms with E-state index in [2.05, 4.69) is 39.1 Å². The van der Waals surface area contributed by atoms with E-state index in [0.717, 1.165) is 41.0 Å². The molecule has 0 saturated carbocycles. The van der Waals surface area contributed by atoms with Gasteiger partial charge in [0.05, 0.1) is 11.1 Å². The first kappa shape index (κ1) is 23.7. The lowest BCUT2D eigenvalue weighted by atomic mass is 10.1. The molecule has 1 atom stereocenters. The zero-order valence-corrected chi connectivity index (χ0v) is 20.6. The largest absolute Gasteiger partial charge is 0.490 e. The zero-order chi connectivity index (χ0) is 21.5. The minimum absolute atomic E-state index is 0.334. The molecule has 1 fully saturated rings. The fourth-order valence-corrected chi connectivity index (χ4v) is 4.91. The molecule has 4 nitrogen and oxygen atoms in total. The summed E-state index contributed by atoms with van der Waals surface area (Å²) in [5, 5.41) is 4.80. The SMILES string of the molecule is CCOc1cc(CNCC2CCCN2CC)cc(Br)c1OCc1ccc(Cl)cc1Cl. The zero-order valence-electron chi connectivity index (χ0n) is 17.5. The van der Waals surface area contributed by atoms with Crippen LogP contribution in [0.4, 0.5) is 0 Å². The summed E-state index contributed by atoms with van der Waals surface area (Å²) in [5.74, 6) is 1.41. The molecule has 30 heavy (non-hydrogen) atoms. The summed E-state index contributed by atoms with van der Waals surface area (Å²) in [6.07, 6.45) is 2.57. The van der Waals surface area contributed by atoms with Gasteiger partial charge in [-0.25, -0.2) is 0 Å². The van der Waals surface area contributed by atoms with Crippen molar-refractivity contribution in [3.63, 3.8) is 0 Å². The van der Waals surface area contributed by atoms with Crippen LogP contribution in [-0.2, 0) is 13.2 Å². The molecule has 3 rings (SSSR count). The lowest BCUT2D eigenvalue weighted by Crippen LogP contribution is -2.37. The average Bonchev–Trinajstić information content (AvgIpc) is 3.16. The van der Waals surface area contributed by atoms with E-state index in [4.69, 9.17) is 32.7 Å². The third-order valence-electron chi connectivity index (χ3n) is 5.37. The number of nitrogens with zero attached hydrogens (tertiary/aromatic N) is 1. The molecule has 2 aromatic rings. The van der Waals surface area contributed by atoms with Crippen LogP contribution in [-0.4, -0.2) is 37.2 Å². The van der Waals surface area contributed by atoms with Crippen LogP contribution in [0.2, 0.25) is 10.0 Å². The van der Waals surface area contributed by atoms with E-state index in [-0.39, 0.29) is 0 Å². The van der Waals surface area contributed by atoms with Crippen LogP contribution in [0, 0.1) is 0 Å². The Morgan fingerprint density at radius 3 is 2.73 bits per heavy atom. The van der Waals surface area contributed by atoms with Gasteiger partial charge in [0.25, 0.3) is 0 Å². The lowest BCUT2D eigenvalue weighted by molar-refractivity contribution is 0.259. The van der Waals surface area contributed by atoms with Crippen molar-refractivity contribution in [3.8, 4) is 11.5 Å². The van der Waals surface area contributed by atoms with Gasteiger partial charge >= 0.3 is 0 Å². The number of rotatable bonds is 10. The molecule has 1 aliphatic rings. The monoisotopic (exact) mass is 514 g/mol. The van der Waals surface area contributed by atoms with Crippen molar-refractivity contribution in [2.45, 2.75) is 45.9 Å². The van der Waals surface area contributed by atoms with Crippen molar-refractivity contribution < 1.29 is 9.47 Å². The minimum Gasteiger partial charge on any atom is -0.490 e. The molecule has 2 aromatic carbocycles. The number of likely N-dealkylation sites (N-methyl/N-ethyl adjacent to an activating group) is 1. The molecule has 0 radical (unpaired) electrons. The summed E-state index contributed by atoms with van der Waals surface area (Å²) >= 11 is 15.9. The maximum Gasteiger partial charge on any atom is 0.175 e. The maximum atomic E-state index is 6.27. The number of benzene rings is 2. The van der Waals surface area contributed by atoms with Gasteiger partial charge in [0.2, 0.25) is 0 Å². The Morgan fingerprint density at radius 1 is 1.17 bits per heavy atom. The van der Waals surface area contributed by atoms with E-state index in [0.29, 0.717) is 35.1 Å². The van der Waals surface area contributed by atoms with Crippen molar-refractivity contribution in [1.29, 1.82) is 0 Å². The van der Waals surface area contributed by atoms with Gasteiger partial charge in [0.15, 0.2) is 11.5 Å². The van der Waals surface area contributed by atoms with Gasteiger partial charge in [0, 0.05) is 34.7 Å². The second kappa shape index (κ2) is 11.6. The third kappa shape index (κ3) is 6.27. The molecule has 1 unspecified atom stereocenters. The first-order valence-electron chi connectivity index (χ1n) is 10.5. The standard InChI is InChI=1S/C23H29BrCl2N2O2/c1-3-28-9-5-6-19(28)14-27-13-16-10-20(24)23(22(11-16)29-4-2)30-15-17-7-8-18(25)12-21(17)26/h7-8,10-12,19,27H,3-6,9,13-15H2,1-2H3. The minimum atomic E-state index is 0.334. The number of likely N-dealkylation sites (tertiary alicyclic amines) is 1. The summed E-state index contributed by atoms with van der Waals surface area (Å²) in [4.78, 5) is 2.55. The third-order valence-corrected chi connectivity index (χ3v) is 6.55. The van der Waals surface area contributed by atoms with Gasteiger partial charge in [-0.05, 0) is 78.6 Å². The number of hydrogen-bond acceptors (Lipinski definition) is 4. The summed E-state index contributed by atoms with van der Waals surface area (Å²) in [7, 11) is 0. The molecule has 7 heteroatoms. The van der Waals surface area contributed by atoms with Crippen LogP contribution in [0.3, 0.4) is 0 Å². The van der Waals surface area contributed by atoms with Gasteiger partial charge in [0.1, 0.15) is 6.61 Å². The van der Waals surface area contributed by atoms with E-state index < -0.39 is 0 Å². The lowest BCUT2D eigenvalue weighted by Gasteiger charge is -2.23. The highest BCUT2D eigenvalue weighted by molar-refractivity contribution is 9.10. The first-order chi connectivity index (χ1) is 14.5. The molecular formula is C23H29BrCl2N2O2. The quantitative estimate of drug-likeness (QED) is 0.402. The van der Waals surface area contributed by atoms with Crippen LogP contribution in [0.15, 0.2) is 34.8 Å². The maximum absolute atomic E-state index is 6.27. The molecule has 1 heterocycles. The number of hydrogen-bond donors (Lipinski definition) is 1. The number of nitrogens with one attached hydrogen (secondary N) is 1. The van der Waals surface area contributed by atoms with Crippen LogP contribution in [0.1, 0.15) is 37.8 Å². The fourth-order valence-electron chi connectivity index (χ4n) is 3.84. The van der Waals surface area contributed by atoms with E-state index in [9.17, 15) is 0 Å². The molecule has 0 aliphatic carbocycles. The predicted molar refractivity (Wildman–Crippen MR) is 128 cm³/mol. The molecular weight excluding hydrogens is 487 g/mol. The Hall–Kier alpha value is -0.980. The van der Waals surface area contributed by atoms with E-state index in [1.54, 1.807) is 6.07 Å². The molecule has 1 aliphatic heterocycles. The predicted octanol–water partition coefficient (Wildman–Crippen LogP) is 6.31. The molecule has 0 aromatic heterocycles. The summed E-state index contributed by atoms with van der Waals surface area (Å²) in [6, 6.07) is 10.2. The van der Waals surface area contributed by atoms with Crippen LogP contribution >= 0.6 is 39.1 Å². The van der Waals surface area contributed by atoms with Gasteiger partial charge < -0.3 is 14.8 Å². The van der Waals surface area contributed by atoms with Crippen molar-refractivity contribution in [2.75, 3.05) is 26.2 Å². The highest BCUT2D eigenvalue weighted by Gasteiger charge is 2.22. The van der Waals surface area contributed by atoms with E-state index >= 15 is 0 Å². The van der Waals surface area contributed by atoms with Crippen molar-refractivity contribution in [2.24, 2.45) is 0 Å². The Balaban J connectivity index is 1.65. The topological polar surface area (TPSA) is 33.7 Å². The van der Waals surface area contributed by atoms with Crippen molar-refractivity contribution in [3.05, 3.63) is 56.0 Å². The van der Waals surface area contributed by atoms with Crippen LogP contribution in [0.25, 0.3) is 0 Å². The molecule has 0 spiro atoms. The van der Waals surface area contributed by atoms with Crippen molar-refractivity contribution >= 4 is 39.1 Å².